The van der Waals surface area contributed by atoms with E-state index < -0.39 is 0 Å². The minimum absolute atomic E-state index is 0.0660. The summed E-state index contributed by atoms with van der Waals surface area (Å²) in [5, 5.41) is 17.9. The molecule has 1 aliphatic heterocycles. The van der Waals surface area contributed by atoms with Crippen LogP contribution in [0.1, 0.15) is 50.0 Å². The van der Waals surface area contributed by atoms with Gasteiger partial charge in [-0.15, -0.1) is 0 Å². The number of fused-ring (bicyclic) bond motifs is 1. The van der Waals surface area contributed by atoms with Crippen LogP contribution in [-0.2, 0) is 11.5 Å². The molecule has 2 aromatic rings. The highest BCUT2D eigenvalue weighted by Crippen LogP contribution is 2.36. The molecule has 0 spiro atoms. The van der Waals surface area contributed by atoms with Gasteiger partial charge in [-0.1, -0.05) is 0 Å². The molecule has 2 aliphatic rings. The van der Waals surface area contributed by atoms with Crippen LogP contribution in [0.5, 0.6) is 0 Å². The van der Waals surface area contributed by atoms with Crippen LogP contribution in [0.2, 0.25) is 0 Å². The van der Waals surface area contributed by atoms with E-state index in [2.05, 4.69) is 26.8 Å². The smallest absolute Gasteiger partial charge is 0.147 e. The molecule has 1 saturated carbocycles. The van der Waals surface area contributed by atoms with Crippen LogP contribution in [0.4, 0.5) is 5.82 Å². The van der Waals surface area contributed by atoms with E-state index in [9.17, 15) is 5.11 Å². The highest BCUT2D eigenvalue weighted by atomic mass is 16.5. The molecule has 4 rings (SSSR count). The van der Waals surface area contributed by atoms with Crippen LogP contribution in [0.25, 0.3) is 11.0 Å². The highest BCUT2D eigenvalue weighted by Gasteiger charge is 2.26. The van der Waals surface area contributed by atoms with Gasteiger partial charge < -0.3 is 25.0 Å². The third kappa shape index (κ3) is 3.43. The van der Waals surface area contributed by atoms with Crippen molar-refractivity contribution in [2.24, 2.45) is 0 Å². The zero-order chi connectivity index (χ0) is 17.9. The number of anilines is 1. The van der Waals surface area contributed by atoms with Crippen molar-refractivity contribution in [3.05, 3.63) is 18.1 Å². The second-order valence-electron chi connectivity index (χ2n) is 7.48. The third-order valence-corrected chi connectivity index (χ3v) is 5.97. The van der Waals surface area contributed by atoms with Gasteiger partial charge in [0.2, 0.25) is 0 Å². The van der Waals surface area contributed by atoms with E-state index >= 15 is 0 Å². The van der Waals surface area contributed by atoms with Crippen molar-refractivity contribution < 1.29 is 9.84 Å². The number of aromatic nitrogens is 3. The lowest BCUT2D eigenvalue weighted by molar-refractivity contribution is 0.0855. The molecule has 3 heterocycles. The molecule has 142 valence electrons. The summed E-state index contributed by atoms with van der Waals surface area (Å²) in [6, 6.07) is 1.07. The largest absolute Gasteiger partial charge is 0.381 e. The summed E-state index contributed by atoms with van der Waals surface area (Å²) >= 11 is 0. The van der Waals surface area contributed by atoms with Crippen LogP contribution >= 0.6 is 0 Å². The van der Waals surface area contributed by atoms with Crippen molar-refractivity contribution in [3.8, 4) is 0 Å². The molecule has 2 aromatic heterocycles. The summed E-state index contributed by atoms with van der Waals surface area (Å²) < 4.78 is 7.35. The van der Waals surface area contributed by atoms with Gasteiger partial charge in [-0.2, -0.15) is 0 Å². The molecular formula is C19H29N5O2. The fourth-order valence-corrected chi connectivity index (χ4v) is 4.41. The van der Waals surface area contributed by atoms with Gasteiger partial charge in [-0.25, -0.2) is 9.97 Å². The van der Waals surface area contributed by atoms with Crippen LogP contribution in [-0.4, -0.2) is 52.0 Å². The standard InChI is InChI=1S/C19H29N5O2/c1-20-14-2-4-15(5-3-14)23-18-17-16(13-6-8-26-9-7-13)10-24(12-25)19(17)22-11-21-18/h10-11,13-15,20,25H,2-9,12H2,1H3,(H,21,22,23). The maximum absolute atomic E-state index is 9.77. The van der Waals surface area contributed by atoms with Gasteiger partial charge in [-0.05, 0) is 57.1 Å². The summed E-state index contributed by atoms with van der Waals surface area (Å²) in [4.78, 5) is 9.04. The van der Waals surface area contributed by atoms with Gasteiger partial charge in [-0.3, -0.25) is 0 Å². The lowest BCUT2D eigenvalue weighted by Crippen LogP contribution is -2.35. The molecule has 7 heteroatoms. The summed E-state index contributed by atoms with van der Waals surface area (Å²) in [6.07, 6.45) is 10.3. The maximum atomic E-state index is 9.77. The topological polar surface area (TPSA) is 84.2 Å². The Hall–Kier alpha value is -1.70. The number of hydrogen-bond acceptors (Lipinski definition) is 6. The van der Waals surface area contributed by atoms with E-state index in [1.54, 1.807) is 6.33 Å². The van der Waals surface area contributed by atoms with E-state index in [4.69, 9.17) is 4.74 Å². The first kappa shape index (κ1) is 17.7. The molecule has 0 unspecified atom stereocenters. The van der Waals surface area contributed by atoms with Crippen molar-refractivity contribution in [1.82, 2.24) is 19.9 Å². The zero-order valence-electron chi connectivity index (χ0n) is 15.4. The van der Waals surface area contributed by atoms with Crippen LogP contribution in [0.3, 0.4) is 0 Å². The number of nitrogens with one attached hydrogen (secondary N) is 2. The SMILES string of the molecule is CNC1CCC(Nc2ncnc3c2c(C2CCOCC2)cn3CO)CC1. The fraction of sp³-hybridized carbons (Fsp3) is 0.684. The van der Waals surface area contributed by atoms with E-state index in [0.717, 1.165) is 55.7 Å². The molecule has 0 aromatic carbocycles. The Balaban J connectivity index is 1.64. The normalized spacial score (nSPS) is 24.8. The Labute approximate surface area is 154 Å². The molecule has 1 saturated heterocycles. The number of hydrogen-bond donors (Lipinski definition) is 3. The van der Waals surface area contributed by atoms with E-state index in [1.165, 1.54) is 18.4 Å². The highest BCUT2D eigenvalue weighted by molar-refractivity contribution is 5.91. The Bertz CT molecular complexity index is 733. The second-order valence-corrected chi connectivity index (χ2v) is 7.48. The Kier molecular flexibility index (Phi) is 5.38. The predicted octanol–water partition coefficient (Wildman–Crippen LogP) is 2.22. The first-order valence-corrected chi connectivity index (χ1v) is 9.76. The minimum atomic E-state index is -0.0660. The van der Waals surface area contributed by atoms with E-state index in [0.29, 0.717) is 18.0 Å². The number of nitrogens with zero attached hydrogens (tertiary/aromatic N) is 3. The Morgan fingerprint density at radius 3 is 2.54 bits per heavy atom. The predicted molar refractivity (Wildman–Crippen MR) is 101 cm³/mol. The molecule has 0 bridgehead atoms. The van der Waals surface area contributed by atoms with Crippen LogP contribution < -0.4 is 10.6 Å². The molecule has 2 fully saturated rings. The molecule has 3 N–H and O–H groups in total. The molecular weight excluding hydrogens is 330 g/mol. The van der Waals surface area contributed by atoms with Crippen molar-refractivity contribution in [1.29, 1.82) is 0 Å². The van der Waals surface area contributed by atoms with E-state index in [-0.39, 0.29) is 6.73 Å². The fourth-order valence-electron chi connectivity index (χ4n) is 4.41. The summed E-state index contributed by atoms with van der Waals surface area (Å²) in [7, 11) is 2.05. The van der Waals surface area contributed by atoms with Crippen LogP contribution in [0.15, 0.2) is 12.5 Å². The van der Waals surface area contributed by atoms with Gasteiger partial charge in [0.1, 0.15) is 24.5 Å². The summed E-state index contributed by atoms with van der Waals surface area (Å²) in [5.41, 5.74) is 2.06. The number of aliphatic hydroxyl groups excluding tert-OH is 1. The molecule has 0 amide bonds. The van der Waals surface area contributed by atoms with Crippen molar-refractivity contribution in [2.45, 2.75) is 63.3 Å². The molecule has 1 aliphatic carbocycles. The Morgan fingerprint density at radius 2 is 1.85 bits per heavy atom. The first-order chi connectivity index (χ1) is 12.8. The molecule has 0 atom stereocenters. The van der Waals surface area contributed by atoms with Crippen molar-refractivity contribution >= 4 is 16.9 Å². The number of aliphatic hydroxyl groups is 1. The first-order valence-electron chi connectivity index (χ1n) is 9.76. The second kappa shape index (κ2) is 7.90. The molecule has 7 nitrogen and oxygen atoms in total. The lowest BCUT2D eigenvalue weighted by atomic mass is 9.90. The molecule has 26 heavy (non-hydrogen) atoms. The summed E-state index contributed by atoms with van der Waals surface area (Å²) in [6.45, 7) is 1.52. The quantitative estimate of drug-likeness (QED) is 0.759. The molecule has 0 radical (unpaired) electrons. The van der Waals surface area contributed by atoms with Gasteiger partial charge >= 0.3 is 0 Å². The van der Waals surface area contributed by atoms with Crippen LogP contribution in [0, 0.1) is 0 Å². The van der Waals surface area contributed by atoms with Gasteiger partial charge in [0.05, 0.1) is 5.39 Å². The average molecular weight is 359 g/mol. The van der Waals surface area contributed by atoms with Gasteiger partial charge in [0.25, 0.3) is 0 Å². The monoisotopic (exact) mass is 359 g/mol. The van der Waals surface area contributed by atoms with Crippen molar-refractivity contribution in [3.63, 3.8) is 0 Å². The van der Waals surface area contributed by atoms with Crippen molar-refractivity contribution in [2.75, 3.05) is 25.6 Å². The van der Waals surface area contributed by atoms with Gasteiger partial charge in [0, 0.05) is 31.5 Å². The maximum Gasteiger partial charge on any atom is 0.147 e. The Morgan fingerprint density at radius 1 is 1.12 bits per heavy atom. The van der Waals surface area contributed by atoms with Gasteiger partial charge in [0.15, 0.2) is 0 Å². The minimum Gasteiger partial charge on any atom is -0.381 e. The zero-order valence-corrected chi connectivity index (χ0v) is 15.4. The lowest BCUT2D eigenvalue weighted by Gasteiger charge is -2.29. The van der Waals surface area contributed by atoms with E-state index in [1.807, 2.05) is 11.6 Å². The summed E-state index contributed by atoms with van der Waals surface area (Å²) in [5.74, 6) is 1.35. The average Bonchev–Trinajstić information content (AvgIpc) is 3.09. The number of rotatable bonds is 5. The number of ether oxygens (including phenoxy) is 1. The third-order valence-electron chi connectivity index (χ3n) is 5.97.